The number of halogens is 3. The molecule has 2 aliphatic carbocycles. The average Bonchev–Trinajstić information content (AvgIpc) is 3.52. The lowest BCUT2D eigenvalue weighted by Crippen LogP contribution is -2.28. The molecule has 2 aliphatic rings. The lowest BCUT2D eigenvalue weighted by Gasteiger charge is -2.30. The first-order valence-electron chi connectivity index (χ1n) is 14.8. The fraction of sp³-hybridized carbons (Fsp3) is 0.483. The molecule has 0 amide bonds. The number of anilines is 3. The molecule has 6 rings (SSSR count). The van der Waals surface area contributed by atoms with Gasteiger partial charge in [-0.25, -0.2) is 28.4 Å². The fourth-order valence-corrected chi connectivity index (χ4v) is 7.73. The molecular formula is C29H34F3N9O2S2. The van der Waals surface area contributed by atoms with E-state index < -0.39 is 26.5 Å². The minimum Gasteiger partial charge on any atom is -0.384 e. The van der Waals surface area contributed by atoms with Crippen molar-refractivity contribution in [3.8, 4) is 22.6 Å². The van der Waals surface area contributed by atoms with Crippen molar-refractivity contribution in [3.05, 3.63) is 47.3 Å². The number of aromatic nitrogens is 6. The Bertz CT molecular complexity index is 1750. The highest BCUT2D eigenvalue weighted by Gasteiger charge is 2.38. The van der Waals surface area contributed by atoms with E-state index in [4.69, 9.17) is 0 Å². The molecule has 4 aromatic heterocycles. The first-order chi connectivity index (χ1) is 21.5. The normalized spacial score (nSPS) is 19.2. The van der Waals surface area contributed by atoms with Gasteiger partial charge in [0.05, 0.1) is 28.9 Å². The predicted octanol–water partition coefficient (Wildman–Crippen LogP) is 5.74. The third kappa shape index (κ3) is 7.44. The molecular weight excluding hydrogens is 628 g/mol. The quantitative estimate of drug-likeness (QED) is 0.205. The predicted molar refractivity (Wildman–Crippen MR) is 167 cm³/mol. The minimum atomic E-state index is -4.53. The number of pyridine rings is 1. The lowest BCUT2D eigenvalue weighted by atomic mass is 9.82. The monoisotopic (exact) mass is 661 g/mol. The van der Waals surface area contributed by atoms with Crippen molar-refractivity contribution in [1.82, 2.24) is 34.0 Å². The van der Waals surface area contributed by atoms with Gasteiger partial charge in [0.25, 0.3) is 10.0 Å². The van der Waals surface area contributed by atoms with Gasteiger partial charge in [-0.2, -0.15) is 22.4 Å². The zero-order valence-corrected chi connectivity index (χ0v) is 26.5. The van der Waals surface area contributed by atoms with E-state index in [1.54, 1.807) is 12.1 Å². The van der Waals surface area contributed by atoms with Gasteiger partial charge in [0.15, 0.2) is 10.8 Å². The molecule has 0 spiro atoms. The number of hydrogen-bond acceptors (Lipinski definition) is 11. The van der Waals surface area contributed by atoms with Gasteiger partial charge in [-0.15, -0.1) is 11.3 Å². The minimum absolute atomic E-state index is 0.200. The summed E-state index contributed by atoms with van der Waals surface area (Å²) in [5.74, 6) is 2.21. The van der Waals surface area contributed by atoms with Crippen molar-refractivity contribution in [2.45, 2.75) is 50.0 Å². The van der Waals surface area contributed by atoms with Crippen molar-refractivity contribution >= 4 is 38.7 Å². The summed E-state index contributed by atoms with van der Waals surface area (Å²) in [6, 6.07) is 3.38. The smallest absolute Gasteiger partial charge is 0.384 e. The van der Waals surface area contributed by atoms with Gasteiger partial charge < -0.3 is 15.5 Å². The summed E-state index contributed by atoms with van der Waals surface area (Å²) in [6.45, 7) is 1.74. The molecule has 0 atom stereocenters. The van der Waals surface area contributed by atoms with Crippen molar-refractivity contribution in [2.24, 2.45) is 11.8 Å². The van der Waals surface area contributed by atoms with Crippen LogP contribution in [0.25, 0.3) is 22.6 Å². The van der Waals surface area contributed by atoms with Crippen molar-refractivity contribution < 1.29 is 21.6 Å². The van der Waals surface area contributed by atoms with Crippen molar-refractivity contribution in [3.63, 3.8) is 0 Å². The Labute approximate surface area is 263 Å². The zero-order valence-electron chi connectivity index (χ0n) is 24.8. The Morgan fingerprint density at radius 1 is 1.02 bits per heavy atom. The van der Waals surface area contributed by atoms with Gasteiger partial charge in [-0.05, 0) is 70.5 Å². The van der Waals surface area contributed by atoms with E-state index in [1.165, 1.54) is 30.2 Å². The first-order valence-corrected chi connectivity index (χ1v) is 17.1. The third-order valence-electron chi connectivity index (χ3n) is 8.03. The molecule has 0 unspecified atom stereocenters. The topological polar surface area (TPSA) is 131 Å². The van der Waals surface area contributed by atoms with E-state index in [1.807, 2.05) is 0 Å². The number of alkyl halides is 3. The number of nitrogens with zero attached hydrogens (tertiary/aromatic N) is 7. The standard InChI is InChI=1S/C29H34F3N9O2S2/c1-40(2)15-19-5-3-18(4-6-19)12-34-23-11-26(35-14-22(23)24-17-44-28(37-24)29(30,31)32)38-25-9-10-33-27(39-25)20-13-36-41(16-20)45(42,43)21-7-8-21/h9-11,13-14,16-19,21H,3-8,12,15H2,1-2H3,(H2,33,34,35,38,39). The van der Waals surface area contributed by atoms with Crippen LogP contribution in [0, 0.1) is 11.8 Å². The summed E-state index contributed by atoms with van der Waals surface area (Å²) in [4.78, 5) is 19.3. The van der Waals surface area contributed by atoms with Gasteiger partial charge in [-0.3, -0.25) is 0 Å². The highest BCUT2D eigenvalue weighted by molar-refractivity contribution is 7.90. The van der Waals surface area contributed by atoms with Gasteiger partial charge in [-0.1, -0.05) is 0 Å². The van der Waals surface area contributed by atoms with Crippen LogP contribution in [0.4, 0.5) is 30.5 Å². The summed E-state index contributed by atoms with van der Waals surface area (Å²) in [6.07, 6.45) is 7.01. The van der Waals surface area contributed by atoms with Gasteiger partial charge in [0.1, 0.15) is 11.6 Å². The van der Waals surface area contributed by atoms with Gasteiger partial charge >= 0.3 is 6.18 Å². The molecule has 4 heterocycles. The van der Waals surface area contributed by atoms with E-state index in [9.17, 15) is 21.6 Å². The van der Waals surface area contributed by atoms with E-state index >= 15 is 0 Å². The van der Waals surface area contributed by atoms with Crippen LogP contribution in [0.2, 0.25) is 0 Å². The molecule has 2 fully saturated rings. The average molecular weight is 662 g/mol. The zero-order chi connectivity index (χ0) is 31.8. The molecule has 0 bridgehead atoms. The Kier molecular flexibility index (Phi) is 8.81. The van der Waals surface area contributed by atoms with Gasteiger partial charge in [0.2, 0.25) is 0 Å². The summed E-state index contributed by atoms with van der Waals surface area (Å²) < 4.78 is 66.1. The van der Waals surface area contributed by atoms with Crippen LogP contribution in [-0.2, 0) is 16.2 Å². The highest BCUT2D eigenvalue weighted by Crippen LogP contribution is 2.38. The molecule has 0 radical (unpaired) electrons. The maximum absolute atomic E-state index is 13.3. The Hall–Kier alpha value is -3.63. The number of nitrogens with one attached hydrogen (secondary N) is 2. The number of hydrogen-bond donors (Lipinski definition) is 2. The lowest BCUT2D eigenvalue weighted by molar-refractivity contribution is -0.137. The van der Waals surface area contributed by atoms with Crippen LogP contribution < -0.4 is 10.6 Å². The maximum atomic E-state index is 13.3. The Morgan fingerprint density at radius 3 is 2.47 bits per heavy atom. The largest absolute Gasteiger partial charge is 0.443 e. The molecule has 2 saturated carbocycles. The molecule has 240 valence electrons. The fourth-order valence-electron chi connectivity index (χ4n) is 5.57. The molecule has 4 aromatic rings. The van der Waals surface area contributed by atoms with Crippen LogP contribution in [0.15, 0.2) is 42.3 Å². The van der Waals surface area contributed by atoms with Crippen LogP contribution in [0.5, 0.6) is 0 Å². The van der Waals surface area contributed by atoms with Crippen LogP contribution in [-0.4, -0.2) is 74.9 Å². The molecule has 16 heteroatoms. The van der Waals surface area contributed by atoms with Crippen LogP contribution in [0.1, 0.15) is 43.5 Å². The number of rotatable bonds is 11. The summed E-state index contributed by atoms with van der Waals surface area (Å²) >= 11 is 0.553. The summed E-state index contributed by atoms with van der Waals surface area (Å²) in [7, 11) is 0.655. The Balaban J connectivity index is 1.21. The maximum Gasteiger partial charge on any atom is 0.443 e. The Morgan fingerprint density at radius 2 is 1.78 bits per heavy atom. The SMILES string of the molecule is CN(C)CC1CCC(CNc2cc(Nc3ccnc(-c4cnn(S(=O)(=O)C5CC5)c4)n3)ncc2-c2csc(C(F)(F)F)n2)CC1. The first kappa shape index (κ1) is 31.4. The van der Waals surface area contributed by atoms with Crippen LogP contribution >= 0.6 is 11.3 Å². The molecule has 0 aliphatic heterocycles. The summed E-state index contributed by atoms with van der Waals surface area (Å²) in [5, 5.41) is 10.7. The van der Waals surface area contributed by atoms with E-state index in [0.717, 1.165) is 36.3 Å². The molecule has 11 nitrogen and oxygen atoms in total. The second-order valence-corrected chi connectivity index (χ2v) is 14.8. The third-order valence-corrected chi connectivity index (χ3v) is 11.0. The molecule has 0 saturated heterocycles. The summed E-state index contributed by atoms with van der Waals surface area (Å²) in [5.41, 5.74) is 1.73. The van der Waals surface area contributed by atoms with E-state index in [-0.39, 0.29) is 11.5 Å². The van der Waals surface area contributed by atoms with Crippen LogP contribution in [0.3, 0.4) is 0 Å². The van der Waals surface area contributed by atoms with Gasteiger partial charge in [0, 0.05) is 48.2 Å². The molecule has 2 N–H and O–H groups in total. The van der Waals surface area contributed by atoms with E-state index in [0.29, 0.717) is 71.0 Å². The molecule has 0 aromatic carbocycles. The van der Waals surface area contributed by atoms with Crippen molar-refractivity contribution in [2.75, 3.05) is 37.8 Å². The second kappa shape index (κ2) is 12.6. The number of thiazole rings is 1. The second-order valence-electron chi connectivity index (χ2n) is 11.9. The highest BCUT2D eigenvalue weighted by atomic mass is 32.2. The van der Waals surface area contributed by atoms with Crippen molar-refractivity contribution in [1.29, 1.82) is 0 Å². The van der Waals surface area contributed by atoms with E-state index in [2.05, 4.69) is 54.7 Å². The molecule has 45 heavy (non-hydrogen) atoms.